The van der Waals surface area contributed by atoms with E-state index in [4.69, 9.17) is 4.74 Å². The highest BCUT2D eigenvalue weighted by Gasteiger charge is 2.19. The summed E-state index contributed by atoms with van der Waals surface area (Å²) >= 11 is 3.51. The standard InChI is InChI=1S/C18H19BrN2O2.ClH/c19-16-7-3-1-5-13(16)12-23-17-8-4-2-6-15(17)18(22)21-14-9-10-20-11-14;/h1-8,14,20H,9-12H2,(H,21,22);1H. The Morgan fingerprint density at radius 1 is 1.21 bits per heavy atom. The van der Waals surface area contributed by atoms with Gasteiger partial charge in [0.2, 0.25) is 0 Å². The predicted octanol–water partition coefficient (Wildman–Crippen LogP) is 3.54. The molecule has 1 unspecified atom stereocenters. The van der Waals surface area contributed by atoms with Gasteiger partial charge in [-0.25, -0.2) is 0 Å². The molecule has 2 aromatic rings. The van der Waals surface area contributed by atoms with Crippen LogP contribution in [0.3, 0.4) is 0 Å². The number of carbonyl (C=O) groups is 1. The molecule has 1 fully saturated rings. The van der Waals surface area contributed by atoms with Crippen LogP contribution in [0.4, 0.5) is 0 Å². The largest absolute Gasteiger partial charge is 0.488 e. The van der Waals surface area contributed by atoms with Crippen molar-refractivity contribution in [3.63, 3.8) is 0 Å². The molecule has 2 N–H and O–H groups in total. The summed E-state index contributed by atoms with van der Waals surface area (Å²) < 4.78 is 6.88. The van der Waals surface area contributed by atoms with Crippen molar-refractivity contribution in [1.29, 1.82) is 0 Å². The van der Waals surface area contributed by atoms with E-state index in [9.17, 15) is 4.79 Å². The number of benzene rings is 2. The van der Waals surface area contributed by atoms with E-state index in [2.05, 4.69) is 26.6 Å². The number of para-hydroxylation sites is 1. The average molecular weight is 412 g/mol. The van der Waals surface area contributed by atoms with Crippen molar-refractivity contribution >= 4 is 34.2 Å². The fourth-order valence-electron chi connectivity index (χ4n) is 2.59. The lowest BCUT2D eigenvalue weighted by Crippen LogP contribution is -2.36. The van der Waals surface area contributed by atoms with Gasteiger partial charge in [-0.15, -0.1) is 12.4 Å². The topological polar surface area (TPSA) is 50.4 Å². The first-order valence-electron chi connectivity index (χ1n) is 7.71. The molecule has 0 saturated carbocycles. The normalized spacial score (nSPS) is 16.3. The molecule has 1 saturated heterocycles. The van der Waals surface area contributed by atoms with Gasteiger partial charge in [0, 0.05) is 22.6 Å². The molecule has 1 atom stereocenters. The summed E-state index contributed by atoms with van der Waals surface area (Å²) in [5.41, 5.74) is 1.62. The molecule has 1 heterocycles. The van der Waals surface area contributed by atoms with Crippen LogP contribution in [0.15, 0.2) is 53.0 Å². The Hall–Kier alpha value is -1.56. The van der Waals surface area contributed by atoms with Crippen molar-refractivity contribution in [2.24, 2.45) is 0 Å². The van der Waals surface area contributed by atoms with Crippen LogP contribution in [0.25, 0.3) is 0 Å². The molecule has 0 spiro atoms. The summed E-state index contributed by atoms with van der Waals surface area (Å²) in [5.74, 6) is 0.521. The van der Waals surface area contributed by atoms with Crippen molar-refractivity contribution in [2.75, 3.05) is 13.1 Å². The first kappa shape index (κ1) is 18.8. The van der Waals surface area contributed by atoms with Crippen LogP contribution in [-0.4, -0.2) is 25.0 Å². The fourth-order valence-corrected chi connectivity index (χ4v) is 2.99. The summed E-state index contributed by atoms with van der Waals surface area (Å²) in [6.45, 7) is 2.19. The summed E-state index contributed by atoms with van der Waals surface area (Å²) in [6, 6.07) is 15.5. The predicted molar refractivity (Wildman–Crippen MR) is 101 cm³/mol. The van der Waals surface area contributed by atoms with Gasteiger partial charge in [-0.2, -0.15) is 0 Å². The number of hydrogen-bond donors (Lipinski definition) is 2. The molecule has 0 radical (unpaired) electrons. The van der Waals surface area contributed by atoms with Crippen LogP contribution >= 0.6 is 28.3 Å². The third-order valence-corrected chi connectivity index (χ3v) is 4.64. The molecule has 24 heavy (non-hydrogen) atoms. The Labute approximate surface area is 156 Å². The molecule has 0 bridgehead atoms. The maximum atomic E-state index is 12.5. The van der Waals surface area contributed by atoms with Gasteiger partial charge in [0.05, 0.1) is 5.56 Å². The second kappa shape index (κ2) is 9.06. The van der Waals surface area contributed by atoms with Gasteiger partial charge in [0.25, 0.3) is 5.91 Å². The molecule has 6 heteroatoms. The molecular weight excluding hydrogens is 392 g/mol. The quantitative estimate of drug-likeness (QED) is 0.791. The highest BCUT2D eigenvalue weighted by Crippen LogP contribution is 2.22. The fraction of sp³-hybridized carbons (Fsp3) is 0.278. The van der Waals surface area contributed by atoms with Gasteiger partial charge >= 0.3 is 0 Å². The van der Waals surface area contributed by atoms with E-state index in [1.54, 1.807) is 6.07 Å². The summed E-state index contributed by atoms with van der Waals surface area (Å²) in [5, 5.41) is 6.30. The summed E-state index contributed by atoms with van der Waals surface area (Å²) in [7, 11) is 0. The number of halogens is 2. The number of nitrogens with one attached hydrogen (secondary N) is 2. The smallest absolute Gasteiger partial charge is 0.255 e. The minimum atomic E-state index is -0.0820. The molecule has 0 aliphatic carbocycles. The monoisotopic (exact) mass is 410 g/mol. The highest BCUT2D eigenvalue weighted by molar-refractivity contribution is 9.10. The molecule has 1 amide bonds. The lowest BCUT2D eigenvalue weighted by Gasteiger charge is -2.15. The average Bonchev–Trinajstić information content (AvgIpc) is 3.07. The number of amides is 1. The molecule has 1 aliphatic rings. The number of hydrogen-bond acceptors (Lipinski definition) is 3. The van der Waals surface area contributed by atoms with Crippen molar-refractivity contribution in [3.8, 4) is 5.75 Å². The van der Waals surface area contributed by atoms with E-state index in [1.165, 1.54) is 0 Å². The van der Waals surface area contributed by atoms with Crippen molar-refractivity contribution in [2.45, 2.75) is 19.1 Å². The van der Waals surface area contributed by atoms with Crippen LogP contribution < -0.4 is 15.4 Å². The second-order valence-corrected chi connectivity index (χ2v) is 6.39. The van der Waals surface area contributed by atoms with E-state index in [-0.39, 0.29) is 24.4 Å². The van der Waals surface area contributed by atoms with Crippen molar-refractivity contribution in [1.82, 2.24) is 10.6 Å². The molecule has 1 aliphatic heterocycles. The van der Waals surface area contributed by atoms with Gasteiger partial charge in [0.15, 0.2) is 0 Å². The van der Waals surface area contributed by atoms with Crippen LogP contribution in [0.5, 0.6) is 5.75 Å². The molecular formula is C18H20BrClN2O2. The van der Waals surface area contributed by atoms with Crippen LogP contribution in [0, 0.1) is 0 Å². The molecule has 3 rings (SSSR count). The van der Waals surface area contributed by atoms with E-state index in [1.807, 2.05) is 42.5 Å². The number of rotatable bonds is 5. The number of ether oxygens (including phenoxy) is 1. The van der Waals surface area contributed by atoms with Gasteiger partial charge in [0.1, 0.15) is 12.4 Å². The maximum absolute atomic E-state index is 12.5. The highest BCUT2D eigenvalue weighted by atomic mass is 79.9. The van der Waals surface area contributed by atoms with Crippen molar-refractivity contribution < 1.29 is 9.53 Å². The van der Waals surface area contributed by atoms with Gasteiger partial charge in [-0.3, -0.25) is 4.79 Å². The van der Waals surface area contributed by atoms with E-state index >= 15 is 0 Å². The van der Waals surface area contributed by atoms with Crippen molar-refractivity contribution in [3.05, 3.63) is 64.1 Å². The molecule has 0 aromatic heterocycles. The van der Waals surface area contributed by atoms with Crippen LogP contribution in [0.2, 0.25) is 0 Å². The Bertz CT molecular complexity index is 690. The van der Waals surface area contributed by atoms with E-state index in [0.29, 0.717) is 17.9 Å². The Balaban J connectivity index is 0.00000208. The molecule has 2 aromatic carbocycles. The zero-order valence-corrected chi connectivity index (χ0v) is 15.5. The first-order valence-corrected chi connectivity index (χ1v) is 8.50. The minimum Gasteiger partial charge on any atom is -0.488 e. The lowest BCUT2D eigenvalue weighted by molar-refractivity contribution is 0.0935. The Morgan fingerprint density at radius 3 is 2.71 bits per heavy atom. The maximum Gasteiger partial charge on any atom is 0.255 e. The van der Waals surface area contributed by atoms with E-state index in [0.717, 1.165) is 29.5 Å². The lowest BCUT2D eigenvalue weighted by atomic mass is 10.1. The second-order valence-electron chi connectivity index (χ2n) is 5.54. The van der Waals surface area contributed by atoms with Gasteiger partial charge < -0.3 is 15.4 Å². The summed E-state index contributed by atoms with van der Waals surface area (Å²) in [4.78, 5) is 12.5. The zero-order chi connectivity index (χ0) is 16.1. The zero-order valence-electron chi connectivity index (χ0n) is 13.1. The third kappa shape index (κ3) is 4.72. The molecule has 128 valence electrons. The molecule has 4 nitrogen and oxygen atoms in total. The third-order valence-electron chi connectivity index (χ3n) is 3.87. The van der Waals surface area contributed by atoms with E-state index < -0.39 is 0 Å². The Kier molecular flexibility index (Phi) is 7.09. The first-order chi connectivity index (χ1) is 11.2. The van der Waals surface area contributed by atoms with Crippen LogP contribution in [0.1, 0.15) is 22.3 Å². The van der Waals surface area contributed by atoms with Gasteiger partial charge in [-0.05, 0) is 31.2 Å². The SMILES string of the molecule is Cl.O=C(NC1CCNC1)c1ccccc1OCc1ccccc1Br. The number of carbonyl (C=O) groups excluding carboxylic acids is 1. The summed E-state index contributed by atoms with van der Waals surface area (Å²) in [6.07, 6.45) is 0.964. The minimum absolute atomic E-state index is 0. The van der Waals surface area contributed by atoms with Crippen LogP contribution in [-0.2, 0) is 6.61 Å². The Morgan fingerprint density at radius 2 is 1.96 bits per heavy atom. The van der Waals surface area contributed by atoms with Gasteiger partial charge in [-0.1, -0.05) is 46.3 Å².